The molecular formula is C54H54N2. The number of benzene rings is 8. The minimum Gasteiger partial charge on any atom is -0.309 e. The summed E-state index contributed by atoms with van der Waals surface area (Å²) in [5.41, 5.74) is 22.7. The Morgan fingerprint density at radius 1 is 0.250 bits per heavy atom. The average molecular weight is 731 g/mol. The van der Waals surface area contributed by atoms with Gasteiger partial charge in [-0.3, -0.25) is 0 Å². The van der Waals surface area contributed by atoms with Crippen molar-refractivity contribution in [3.63, 3.8) is 0 Å². The Labute approximate surface area is 334 Å². The van der Waals surface area contributed by atoms with Crippen LogP contribution >= 0.6 is 0 Å². The monoisotopic (exact) mass is 730 g/mol. The maximum absolute atomic E-state index is 2.57. The molecule has 0 saturated heterocycles. The first kappa shape index (κ1) is 37.1. The lowest BCUT2D eigenvalue weighted by Crippen LogP contribution is -2.17. The number of rotatable bonds is 6. The summed E-state index contributed by atoms with van der Waals surface area (Å²) >= 11 is 0. The molecule has 0 bridgehead atoms. The van der Waals surface area contributed by atoms with Gasteiger partial charge in [-0.05, 0) is 161 Å². The van der Waals surface area contributed by atoms with E-state index < -0.39 is 0 Å². The van der Waals surface area contributed by atoms with Crippen LogP contribution in [-0.2, 0) is 0 Å². The van der Waals surface area contributed by atoms with Crippen LogP contribution < -0.4 is 9.80 Å². The summed E-state index contributed by atoms with van der Waals surface area (Å²) < 4.78 is 0. The second kappa shape index (κ2) is 14.0. The highest BCUT2D eigenvalue weighted by Crippen LogP contribution is 2.51. The highest BCUT2D eigenvalue weighted by atomic mass is 15.2. The van der Waals surface area contributed by atoms with Gasteiger partial charge in [0.05, 0.1) is 34.1 Å². The van der Waals surface area contributed by atoms with Crippen molar-refractivity contribution >= 4 is 66.4 Å². The molecule has 8 rings (SSSR count). The Kier molecular flexibility index (Phi) is 9.28. The van der Waals surface area contributed by atoms with Crippen molar-refractivity contribution in [2.75, 3.05) is 9.80 Å². The number of fused-ring (bicyclic) bond motifs is 5. The Bertz CT molecular complexity index is 2480. The summed E-state index contributed by atoms with van der Waals surface area (Å²) in [6.07, 6.45) is 0. The SMILES string of the molecule is Cc1cc(C)c(N(c2c(C)cc(C)cc2C)c2cc3c4ccccc4c(N(c4c(C)cc(C)cc4C)c4c(C)cc(C)cc4C)cc3c3ccccc23)c(C)c1. The minimum atomic E-state index is 1.20. The van der Waals surface area contributed by atoms with Crippen LogP contribution in [0.4, 0.5) is 34.1 Å². The van der Waals surface area contributed by atoms with Gasteiger partial charge in [-0.2, -0.15) is 0 Å². The second-order valence-corrected chi connectivity index (χ2v) is 16.6. The molecule has 56 heavy (non-hydrogen) atoms. The lowest BCUT2D eigenvalue weighted by Gasteiger charge is -2.34. The quantitative estimate of drug-likeness (QED) is 0.157. The molecule has 0 radical (unpaired) electrons. The van der Waals surface area contributed by atoms with Gasteiger partial charge in [0.2, 0.25) is 0 Å². The molecule has 0 saturated carbocycles. The van der Waals surface area contributed by atoms with Gasteiger partial charge in [-0.15, -0.1) is 0 Å². The second-order valence-electron chi connectivity index (χ2n) is 16.6. The lowest BCUT2D eigenvalue weighted by molar-refractivity contribution is 1.17. The molecule has 0 N–H and O–H groups in total. The first-order valence-corrected chi connectivity index (χ1v) is 20.0. The minimum absolute atomic E-state index is 1.20. The highest BCUT2D eigenvalue weighted by molar-refractivity contribution is 6.25. The fourth-order valence-corrected chi connectivity index (χ4v) is 10.1. The molecule has 0 aliphatic rings. The molecule has 0 fully saturated rings. The number of hydrogen-bond acceptors (Lipinski definition) is 2. The molecule has 280 valence electrons. The van der Waals surface area contributed by atoms with Gasteiger partial charge < -0.3 is 9.80 Å². The van der Waals surface area contributed by atoms with Gasteiger partial charge >= 0.3 is 0 Å². The van der Waals surface area contributed by atoms with Crippen molar-refractivity contribution < 1.29 is 0 Å². The average Bonchev–Trinajstić information content (AvgIpc) is 3.11. The maximum atomic E-state index is 2.57. The van der Waals surface area contributed by atoms with E-state index >= 15 is 0 Å². The molecule has 0 amide bonds. The van der Waals surface area contributed by atoms with E-state index in [1.807, 2.05) is 0 Å². The van der Waals surface area contributed by atoms with Crippen LogP contribution in [0.25, 0.3) is 32.3 Å². The summed E-state index contributed by atoms with van der Waals surface area (Å²) in [7, 11) is 0. The number of hydrogen-bond donors (Lipinski definition) is 0. The third kappa shape index (κ3) is 6.13. The van der Waals surface area contributed by atoms with Crippen molar-refractivity contribution in [2.24, 2.45) is 0 Å². The molecular weight excluding hydrogens is 677 g/mol. The topological polar surface area (TPSA) is 6.48 Å². The normalized spacial score (nSPS) is 11.6. The van der Waals surface area contributed by atoms with Crippen LogP contribution in [-0.4, -0.2) is 0 Å². The third-order valence-electron chi connectivity index (χ3n) is 11.8. The van der Waals surface area contributed by atoms with Crippen molar-refractivity contribution in [3.05, 3.63) is 176 Å². The van der Waals surface area contributed by atoms with Crippen molar-refractivity contribution in [2.45, 2.75) is 83.1 Å². The van der Waals surface area contributed by atoms with Crippen LogP contribution in [0, 0.1) is 83.1 Å². The van der Waals surface area contributed by atoms with E-state index in [1.54, 1.807) is 0 Å². The van der Waals surface area contributed by atoms with Crippen molar-refractivity contribution in [1.29, 1.82) is 0 Å². The maximum Gasteiger partial charge on any atom is 0.0547 e. The largest absolute Gasteiger partial charge is 0.309 e. The van der Waals surface area contributed by atoms with Crippen LogP contribution in [0.1, 0.15) is 66.8 Å². The van der Waals surface area contributed by atoms with Crippen molar-refractivity contribution in [1.82, 2.24) is 0 Å². The van der Waals surface area contributed by atoms with E-state index in [0.29, 0.717) is 0 Å². The van der Waals surface area contributed by atoms with E-state index in [0.717, 1.165) is 0 Å². The molecule has 0 atom stereocenters. The Balaban J connectivity index is 1.54. The summed E-state index contributed by atoms with van der Waals surface area (Å²) in [6.45, 7) is 27.0. The van der Waals surface area contributed by atoms with Gasteiger partial charge in [0.25, 0.3) is 0 Å². The highest BCUT2D eigenvalue weighted by Gasteiger charge is 2.27. The lowest BCUT2D eigenvalue weighted by atomic mass is 9.91. The molecule has 2 heteroatoms. The Morgan fingerprint density at radius 2 is 0.464 bits per heavy atom. The Morgan fingerprint density at radius 3 is 0.696 bits per heavy atom. The molecule has 8 aromatic carbocycles. The number of nitrogens with zero attached hydrogens (tertiary/aromatic N) is 2. The predicted molar refractivity (Wildman–Crippen MR) is 245 cm³/mol. The van der Waals surface area contributed by atoms with Gasteiger partial charge in [0.1, 0.15) is 0 Å². The molecule has 0 aliphatic heterocycles. The molecule has 0 aliphatic carbocycles. The number of anilines is 6. The van der Waals surface area contributed by atoms with E-state index in [1.165, 1.54) is 133 Å². The number of aryl methyl sites for hydroxylation is 12. The van der Waals surface area contributed by atoms with E-state index in [9.17, 15) is 0 Å². The summed E-state index contributed by atoms with van der Waals surface area (Å²) in [5, 5.41) is 7.46. The summed E-state index contributed by atoms with van der Waals surface area (Å²) in [5.74, 6) is 0. The zero-order chi connectivity index (χ0) is 39.7. The first-order chi connectivity index (χ1) is 26.7. The molecule has 8 aromatic rings. The molecule has 0 spiro atoms. The van der Waals surface area contributed by atoms with E-state index in [-0.39, 0.29) is 0 Å². The van der Waals surface area contributed by atoms with E-state index in [2.05, 4.69) is 202 Å². The molecule has 0 heterocycles. The van der Waals surface area contributed by atoms with Crippen LogP contribution in [0.2, 0.25) is 0 Å². The third-order valence-corrected chi connectivity index (χ3v) is 11.8. The summed E-state index contributed by atoms with van der Waals surface area (Å²) in [4.78, 5) is 5.14. The Hall–Kier alpha value is -5.86. The zero-order valence-corrected chi connectivity index (χ0v) is 35.3. The standard InChI is InChI=1S/C54H54N2/c1-31-21-35(5)51(36(6)22-31)55(52-37(7)23-32(2)24-38(52)8)49-29-47-44-18-14-16-20-46(44)50(30-48(47)43-17-13-15-19-45(43)49)56(53-39(9)25-33(3)26-40(53)10)54-41(11)27-34(4)28-42(54)12/h13-30H,1-12H3. The fourth-order valence-electron chi connectivity index (χ4n) is 10.1. The van der Waals surface area contributed by atoms with Crippen molar-refractivity contribution in [3.8, 4) is 0 Å². The summed E-state index contributed by atoms with van der Waals surface area (Å²) in [6, 6.07) is 41.7. The molecule has 0 unspecified atom stereocenters. The van der Waals surface area contributed by atoms with Crippen LogP contribution in [0.5, 0.6) is 0 Å². The fraction of sp³-hybridized carbons (Fsp3) is 0.222. The van der Waals surface area contributed by atoms with Gasteiger partial charge in [-0.1, -0.05) is 119 Å². The van der Waals surface area contributed by atoms with E-state index in [4.69, 9.17) is 0 Å². The first-order valence-electron chi connectivity index (χ1n) is 20.0. The predicted octanol–water partition coefficient (Wildman–Crippen LogP) is 15.8. The van der Waals surface area contributed by atoms with Gasteiger partial charge in [0, 0.05) is 10.8 Å². The zero-order valence-electron chi connectivity index (χ0n) is 35.3. The molecule has 0 aromatic heterocycles. The smallest absolute Gasteiger partial charge is 0.0547 e. The van der Waals surface area contributed by atoms with Gasteiger partial charge in [0.15, 0.2) is 0 Å². The van der Waals surface area contributed by atoms with Crippen LogP contribution in [0.15, 0.2) is 109 Å². The van der Waals surface area contributed by atoms with Crippen LogP contribution in [0.3, 0.4) is 0 Å². The molecule has 2 nitrogen and oxygen atoms in total. The van der Waals surface area contributed by atoms with Gasteiger partial charge in [-0.25, -0.2) is 0 Å².